The molecular formula is C18H18N2O3S. The molecule has 0 unspecified atom stereocenters. The molecule has 0 atom stereocenters. The van der Waals surface area contributed by atoms with Crippen LogP contribution in [0.4, 0.5) is 0 Å². The lowest BCUT2D eigenvalue weighted by Crippen LogP contribution is -2.21. The highest BCUT2D eigenvalue weighted by atomic mass is 32.1. The summed E-state index contributed by atoms with van der Waals surface area (Å²) in [6.07, 6.45) is 0. The van der Waals surface area contributed by atoms with E-state index in [1.807, 2.05) is 32.0 Å². The van der Waals surface area contributed by atoms with Crippen molar-refractivity contribution in [2.45, 2.75) is 13.8 Å². The van der Waals surface area contributed by atoms with Gasteiger partial charge in [0.1, 0.15) is 0 Å². The lowest BCUT2D eigenvalue weighted by Gasteiger charge is -2.14. The molecule has 2 aromatic carbocycles. The van der Waals surface area contributed by atoms with E-state index in [9.17, 15) is 4.79 Å². The lowest BCUT2D eigenvalue weighted by molar-refractivity contribution is 0.355. The standard InChI is InChI=1S/C18H18N2O3S/c1-10-6-5-7-14(11(10)2)20-17(21)12-8-15(22-3)16(23-4)9-13(12)19-18(20)24/h5-9H,1-4H3,(H,19,24). The van der Waals surface area contributed by atoms with Crippen LogP contribution < -0.4 is 15.0 Å². The quantitative estimate of drug-likeness (QED) is 0.738. The van der Waals surface area contributed by atoms with Gasteiger partial charge < -0.3 is 14.5 Å². The van der Waals surface area contributed by atoms with Crippen LogP contribution in [0.25, 0.3) is 16.6 Å². The predicted molar refractivity (Wildman–Crippen MR) is 97.3 cm³/mol. The number of ether oxygens (including phenoxy) is 2. The molecule has 0 aliphatic heterocycles. The Bertz CT molecular complexity index is 1050. The molecule has 3 aromatic rings. The molecule has 5 nitrogen and oxygen atoms in total. The number of aromatic amines is 1. The zero-order valence-electron chi connectivity index (χ0n) is 14.0. The number of hydrogen-bond donors (Lipinski definition) is 1. The highest BCUT2D eigenvalue weighted by Gasteiger charge is 2.14. The van der Waals surface area contributed by atoms with E-state index in [0.717, 1.165) is 16.8 Å². The van der Waals surface area contributed by atoms with Crippen LogP contribution in [0.5, 0.6) is 11.5 Å². The van der Waals surface area contributed by atoms with Crippen molar-refractivity contribution in [1.29, 1.82) is 0 Å². The number of H-pyrrole nitrogens is 1. The molecule has 0 fully saturated rings. The summed E-state index contributed by atoms with van der Waals surface area (Å²) in [5.41, 5.74) is 3.31. The van der Waals surface area contributed by atoms with Gasteiger partial charge in [0, 0.05) is 6.07 Å². The molecule has 3 rings (SSSR count). The van der Waals surface area contributed by atoms with Gasteiger partial charge in [0.15, 0.2) is 16.3 Å². The van der Waals surface area contributed by atoms with Gasteiger partial charge in [-0.15, -0.1) is 0 Å². The highest BCUT2D eigenvalue weighted by molar-refractivity contribution is 7.71. The third-order valence-electron chi connectivity index (χ3n) is 4.22. The average Bonchev–Trinajstić information content (AvgIpc) is 2.57. The summed E-state index contributed by atoms with van der Waals surface area (Å²) < 4.78 is 12.5. The molecule has 24 heavy (non-hydrogen) atoms. The second-order valence-corrected chi connectivity index (χ2v) is 5.93. The molecule has 0 saturated heterocycles. The number of aryl methyl sites for hydroxylation is 1. The Morgan fingerprint density at radius 1 is 1.08 bits per heavy atom. The number of nitrogens with zero attached hydrogens (tertiary/aromatic N) is 1. The van der Waals surface area contributed by atoms with E-state index >= 15 is 0 Å². The summed E-state index contributed by atoms with van der Waals surface area (Å²) in [6, 6.07) is 9.20. The number of nitrogens with one attached hydrogen (secondary N) is 1. The zero-order chi connectivity index (χ0) is 17.4. The molecule has 1 aromatic heterocycles. The minimum absolute atomic E-state index is 0.191. The smallest absolute Gasteiger partial charge is 0.266 e. The second-order valence-electron chi connectivity index (χ2n) is 5.54. The van der Waals surface area contributed by atoms with Gasteiger partial charge in [0.2, 0.25) is 0 Å². The zero-order valence-corrected chi connectivity index (χ0v) is 14.8. The molecule has 0 bridgehead atoms. The minimum Gasteiger partial charge on any atom is -0.493 e. The van der Waals surface area contributed by atoms with E-state index < -0.39 is 0 Å². The maximum absolute atomic E-state index is 13.1. The monoisotopic (exact) mass is 342 g/mol. The first-order valence-corrected chi connectivity index (χ1v) is 7.86. The van der Waals surface area contributed by atoms with Crippen LogP contribution in [0.2, 0.25) is 0 Å². The Morgan fingerprint density at radius 3 is 2.42 bits per heavy atom. The number of rotatable bonds is 3. The van der Waals surface area contributed by atoms with Crippen molar-refractivity contribution in [2.75, 3.05) is 14.2 Å². The molecule has 6 heteroatoms. The van der Waals surface area contributed by atoms with Gasteiger partial charge in [0.05, 0.1) is 30.8 Å². The number of aromatic nitrogens is 2. The number of methoxy groups -OCH3 is 2. The Kier molecular flexibility index (Phi) is 4.15. The van der Waals surface area contributed by atoms with Crippen molar-refractivity contribution >= 4 is 23.1 Å². The van der Waals surface area contributed by atoms with Crippen molar-refractivity contribution in [3.63, 3.8) is 0 Å². The number of benzene rings is 2. The summed E-state index contributed by atoms with van der Waals surface area (Å²) in [5, 5.41) is 0.488. The first-order valence-electron chi connectivity index (χ1n) is 7.45. The third-order valence-corrected chi connectivity index (χ3v) is 4.50. The molecule has 0 saturated carbocycles. The summed E-state index contributed by atoms with van der Waals surface area (Å²) in [5.74, 6) is 1.04. The second kappa shape index (κ2) is 6.13. The minimum atomic E-state index is -0.191. The SMILES string of the molecule is COc1cc2[nH]c(=S)n(-c3cccc(C)c3C)c(=O)c2cc1OC. The van der Waals surface area contributed by atoms with E-state index in [0.29, 0.717) is 27.2 Å². The Hall–Kier alpha value is -2.60. The molecule has 124 valence electrons. The normalized spacial score (nSPS) is 10.8. The number of hydrogen-bond acceptors (Lipinski definition) is 4. The van der Waals surface area contributed by atoms with Crippen molar-refractivity contribution in [3.8, 4) is 17.2 Å². The van der Waals surface area contributed by atoms with Crippen molar-refractivity contribution in [1.82, 2.24) is 9.55 Å². The largest absolute Gasteiger partial charge is 0.493 e. The van der Waals surface area contributed by atoms with Gasteiger partial charge in [0.25, 0.3) is 5.56 Å². The molecule has 0 amide bonds. The maximum Gasteiger partial charge on any atom is 0.266 e. The molecule has 1 N–H and O–H groups in total. The van der Waals surface area contributed by atoms with E-state index in [4.69, 9.17) is 21.7 Å². The van der Waals surface area contributed by atoms with Gasteiger partial charge >= 0.3 is 0 Å². The van der Waals surface area contributed by atoms with Gasteiger partial charge in [-0.3, -0.25) is 9.36 Å². The summed E-state index contributed by atoms with van der Waals surface area (Å²) >= 11 is 5.43. The van der Waals surface area contributed by atoms with E-state index in [-0.39, 0.29) is 5.56 Å². The van der Waals surface area contributed by atoms with Crippen LogP contribution in [0, 0.1) is 18.6 Å². The van der Waals surface area contributed by atoms with E-state index in [2.05, 4.69) is 4.98 Å². The molecule has 0 spiro atoms. The van der Waals surface area contributed by atoms with Crippen LogP contribution >= 0.6 is 12.2 Å². The Balaban J connectivity index is 2.41. The van der Waals surface area contributed by atoms with Crippen LogP contribution in [-0.4, -0.2) is 23.8 Å². The van der Waals surface area contributed by atoms with Gasteiger partial charge in [-0.25, -0.2) is 0 Å². The lowest BCUT2D eigenvalue weighted by atomic mass is 10.1. The topological polar surface area (TPSA) is 56.2 Å². The van der Waals surface area contributed by atoms with E-state index in [1.54, 1.807) is 19.2 Å². The molecule has 0 aliphatic carbocycles. The fraction of sp³-hybridized carbons (Fsp3) is 0.222. The summed E-state index contributed by atoms with van der Waals surface area (Å²) in [6.45, 7) is 3.98. The first kappa shape index (κ1) is 16.3. The Morgan fingerprint density at radius 2 is 1.75 bits per heavy atom. The van der Waals surface area contributed by atoms with Crippen molar-refractivity contribution < 1.29 is 9.47 Å². The summed E-state index contributed by atoms with van der Waals surface area (Å²) in [4.78, 5) is 16.2. The molecule has 1 heterocycles. The average molecular weight is 342 g/mol. The maximum atomic E-state index is 13.1. The fourth-order valence-electron chi connectivity index (χ4n) is 2.74. The van der Waals surface area contributed by atoms with Crippen molar-refractivity contribution in [3.05, 3.63) is 56.6 Å². The number of fused-ring (bicyclic) bond motifs is 1. The van der Waals surface area contributed by atoms with Gasteiger partial charge in [-0.05, 0) is 49.3 Å². The highest BCUT2D eigenvalue weighted by Crippen LogP contribution is 2.30. The summed E-state index contributed by atoms with van der Waals surface area (Å²) in [7, 11) is 3.09. The van der Waals surface area contributed by atoms with Crippen LogP contribution in [0.15, 0.2) is 35.1 Å². The molecular weight excluding hydrogens is 324 g/mol. The van der Waals surface area contributed by atoms with Gasteiger partial charge in [-0.2, -0.15) is 0 Å². The van der Waals surface area contributed by atoms with Crippen LogP contribution in [0.1, 0.15) is 11.1 Å². The van der Waals surface area contributed by atoms with Crippen LogP contribution in [-0.2, 0) is 0 Å². The van der Waals surface area contributed by atoms with Gasteiger partial charge in [-0.1, -0.05) is 12.1 Å². The Labute approximate surface area is 144 Å². The molecule has 0 aliphatic rings. The predicted octanol–water partition coefficient (Wildman–Crippen LogP) is 3.68. The van der Waals surface area contributed by atoms with Crippen molar-refractivity contribution in [2.24, 2.45) is 0 Å². The first-order chi connectivity index (χ1) is 11.5. The van der Waals surface area contributed by atoms with Crippen LogP contribution in [0.3, 0.4) is 0 Å². The molecule has 0 radical (unpaired) electrons. The fourth-order valence-corrected chi connectivity index (χ4v) is 3.03. The van der Waals surface area contributed by atoms with E-state index in [1.165, 1.54) is 11.7 Å². The third kappa shape index (κ3) is 2.49.